The molecule has 2 aromatic carbocycles. The lowest BCUT2D eigenvalue weighted by Gasteiger charge is -2.19. The highest BCUT2D eigenvalue weighted by Crippen LogP contribution is 2.32. The number of fused-ring (bicyclic) bond motifs is 1. The Kier molecular flexibility index (Phi) is 3.94. The van der Waals surface area contributed by atoms with Crippen LogP contribution in [0.25, 0.3) is 11.4 Å². The summed E-state index contributed by atoms with van der Waals surface area (Å²) in [4.78, 5) is 31.2. The van der Waals surface area contributed by atoms with Crippen LogP contribution in [-0.4, -0.2) is 39.0 Å². The number of nitrogens with zero attached hydrogens (tertiary/aromatic N) is 6. The normalized spacial score (nSPS) is 20.6. The molecule has 0 saturated carbocycles. The van der Waals surface area contributed by atoms with E-state index in [0.29, 0.717) is 17.4 Å². The lowest BCUT2D eigenvalue weighted by Crippen LogP contribution is -2.39. The van der Waals surface area contributed by atoms with E-state index >= 15 is 0 Å². The SMILES string of the molecule is Cc1ccccc1-c1noc(CN2N=N[C@H]3C(=O)N(c4ccccc4)C(=O)[C@H]32)n1. The number of rotatable bonds is 4. The first-order valence-corrected chi connectivity index (χ1v) is 9.12. The molecule has 1 saturated heterocycles. The van der Waals surface area contributed by atoms with Crippen molar-refractivity contribution in [2.24, 2.45) is 10.3 Å². The van der Waals surface area contributed by atoms with Gasteiger partial charge < -0.3 is 4.52 Å². The summed E-state index contributed by atoms with van der Waals surface area (Å²) in [6.07, 6.45) is 0. The summed E-state index contributed by atoms with van der Waals surface area (Å²) in [6.45, 7) is 2.05. The standard InChI is InChI=1S/C20H16N6O3/c1-12-7-5-6-10-14(12)18-21-15(29-23-18)11-25-17-16(22-24-25)19(27)26(20(17)28)13-8-3-2-4-9-13/h2-10,16-17H,11H2,1H3/t16-,17+/m1/s1. The smallest absolute Gasteiger partial charge is 0.263 e. The number of benzene rings is 2. The van der Waals surface area contributed by atoms with Gasteiger partial charge in [-0.25, -0.2) is 4.90 Å². The minimum atomic E-state index is -0.860. The molecule has 3 aromatic rings. The van der Waals surface area contributed by atoms with E-state index in [0.717, 1.165) is 16.0 Å². The third-order valence-electron chi connectivity index (χ3n) is 5.02. The zero-order chi connectivity index (χ0) is 20.0. The predicted octanol–water partition coefficient (Wildman–Crippen LogP) is 2.54. The molecule has 0 aliphatic carbocycles. The molecule has 9 nitrogen and oxygen atoms in total. The maximum Gasteiger partial charge on any atom is 0.263 e. The molecule has 2 atom stereocenters. The highest BCUT2D eigenvalue weighted by atomic mass is 16.5. The predicted molar refractivity (Wildman–Crippen MR) is 101 cm³/mol. The molecule has 0 radical (unpaired) electrons. The lowest BCUT2D eigenvalue weighted by atomic mass is 10.1. The van der Waals surface area contributed by atoms with E-state index in [-0.39, 0.29) is 18.4 Å². The number of carbonyl (C=O) groups is 2. The van der Waals surface area contributed by atoms with E-state index in [2.05, 4.69) is 20.5 Å². The molecule has 0 bridgehead atoms. The van der Waals surface area contributed by atoms with Crippen molar-refractivity contribution in [1.82, 2.24) is 15.1 Å². The number of amides is 2. The van der Waals surface area contributed by atoms with Gasteiger partial charge in [-0.1, -0.05) is 52.8 Å². The van der Waals surface area contributed by atoms with Gasteiger partial charge in [0.1, 0.15) is 6.54 Å². The van der Waals surface area contributed by atoms with E-state index in [1.54, 1.807) is 24.3 Å². The summed E-state index contributed by atoms with van der Waals surface area (Å²) in [5.41, 5.74) is 2.41. The van der Waals surface area contributed by atoms with Gasteiger partial charge in [0.05, 0.1) is 5.69 Å². The number of carbonyl (C=O) groups excluding carboxylic acids is 2. The van der Waals surface area contributed by atoms with E-state index in [4.69, 9.17) is 4.52 Å². The number of hydrogen-bond acceptors (Lipinski definition) is 8. The van der Waals surface area contributed by atoms with E-state index < -0.39 is 12.1 Å². The van der Waals surface area contributed by atoms with Gasteiger partial charge in [0, 0.05) is 5.56 Å². The molecule has 5 rings (SSSR count). The van der Waals surface area contributed by atoms with Crippen molar-refractivity contribution in [2.45, 2.75) is 25.6 Å². The number of hydrogen-bond donors (Lipinski definition) is 0. The van der Waals surface area contributed by atoms with Crippen molar-refractivity contribution in [3.63, 3.8) is 0 Å². The van der Waals surface area contributed by atoms with Crippen molar-refractivity contribution in [3.8, 4) is 11.4 Å². The highest BCUT2D eigenvalue weighted by Gasteiger charge is 2.55. The average Bonchev–Trinajstić information content (AvgIpc) is 3.42. The first-order valence-electron chi connectivity index (χ1n) is 9.12. The maximum absolute atomic E-state index is 12.9. The number of aryl methyl sites for hydroxylation is 1. The van der Waals surface area contributed by atoms with Crippen molar-refractivity contribution in [2.75, 3.05) is 4.90 Å². The van der Waals surface area contributed by atoms with Crippen LogP contribution >= 0.6 is 0 Å². The lowest BCUT2D eigenvalue weighted by molar-refractivity contribution is -0.123. The summed E-state index contributed by atoms with van der Waals surface area (Å²) < 4.78 is 5.34. The number of anilines is 1. The van der Waals surface area contributed by atoms with Gasteiger partial charge in [-0.2, -0.15) is 10.1 Å². The van der Waals surface area contributed by atoms with Crippen LogP contribution in [-0.2, 0) is 16.1 Å². The maximum atomic E-state index is 12.9. The van der Waals surface area contributed by atoms with Crippen molar-refractivity contribution in [1.29, 1.82) is 0 Å². The Balaban J connectivity index is 1.38. The van der Waals surface area contributed by atoms with Crippen LogP contribution in [0.5, 0.6) is 0 Å². The van der Waals surface area contributed by atoms with Gasteiger partial charge in [-0.15, -0.1) is 0 Å². The molecule has 29 heavy (non-hydrogen) atoms. The molecule has 2 aliphatic rings. The second-order valence-electron chi connectivity index (χ2n) is 6.87. The molecule has 0 spiro atoms. The fourth-order valence-electron chi connectivity index (χ4n) is 3.58. The first-order chi connectivity index (χ1) is 14.1. The molecule has 1 aromatic heterocycles. The Labute approximate surface area is 165 Å². The monoisotopic (exact) mass is 388 g/mol. The average molecular weight is 388 g/mol. The fourth-order valence-corrected chi connectivity index (χ4v) is 3.58. The Hall–Kier alpha value is -3.88. The minimum Gasteiger partial charge on any atom is -0.337 e. The zero-order valence-corrected chi connectivity index (χ0v) is 15.5. The fraction of sp³-hybridized carbons (Fsp3) is 0.200. The zero-order valence-electron chi connectivity index (χ0n) is 15.5. The van der Waals surface area contributed by atoms with Crippen molar-refractivity contribution < 1.29 is 14.1 Å². The summed E-state index contributed by atoms with van der Waals surface area (Å²) in [5, 5.41) is 13.5. The molecular weight excluding hydrogens is 372 g/mol. The van der Waals surface area contributed by atoms with Crippen LogP contribution in [0.3, 0.4) is 0 Å². The first kappa shape index (κ1) is 17.2. The van der Waals surface area contributed by atoms with Gasteiger partial charge in [0.2, 0.25) is 11.7 Å². The summed E-state index contributed by atoms with van der Waals surface area (Å²) in [7, 11) is 0. The third kappa shape index (κ3) is 2.78. The van der Waals surface area contributed by atoms with Gasteiger partial charge in [0.15, 0.2) is 12.1 Å². The molecule has 0 unspecified atom stereocenters. The van der Waals surface area contributed by atoms with Crippen LogP contribution in [0.4, 0.5) is 5.69 Å². The van der Waals surface area contributed by atoms with Crippen LogP contribution in [0, 0.1) is 6.92 Å². The topological polar surface area (TPSA) is 104 Å². The van der Waals surface area contributed by atoms with Gasteiger partial charge in [-0.05, 0) is 24.6 Å². The molecule has 2 amide bonds. The number of para-hydroxylation sites is 1. The minimum absolute atomic E-state index is 0.0885. The molecule has 0 N–H and O–H groups in total. The molecule has 2 aliphatic heterocycles. The van der Waals surface area contributed by atoms with Gasteiger partial charge in [-0.3, -0.25) is 14.6 Å². The van der Waals surface area contributed by atoms with E-state index in [9.17, 15) is 9.59 Å². The second-order valence-corrected chi connectivity index (χ2v) is 6.87. The molecule has 144 valence electrons. The van der Waals surface area contributed by atoms with Crippen LogP contribution < -0.4 is 4.90 Å². The Morgan fingerprint density at radius 1 is 1.00 bits per heavy atom. The highest BCUT2D eigenvalue weighted by molar-refractivity contribution is 6.25. The van der Waals surface area contributed by atoms with Crippen LogP contribution in [0.2, 0.25) is 0 Å². The third-order valence-corrected chi connectivity index (χ3v) is 5.02. The second kappa shape index (κ2) is 6.62. The summed E-state index contributed by atoms with van der Waals surface area (Å²) in [6, 6.07) is 14.8. The Morgan fingerprint density at radius 2 is 1.76 bits per heavy atom. The van der Waals surface area contributed by atoms with Crippen molar-refractivity contribution in [3.05, 3.63) is 66.1 Å². The molecular formula is C20H16N6O3. The van der Waals surface area contributed by atoms with E-state index in [1.807, 2.05) is 37.3 Å². The number of imide groups is 1. The number of aromatic nitrogens is 2. The quantitative estimate of drug-likeness (QED) is 0.636. The molecule has 1 fully saturated rings. The van der Waals surface area contributed by atoms with Crippen molar-refractivity contribution >= 4 is 17.5 Å². The summed E-state index contributed by atoms with van der Waals surface area (Å²) >= 11 is 0. The van der Waals surface area contributed by atoms with Gasteiger partial charge in [0.25, 0.3) is 11.8 Å². The molecule has 3 heterocycles. The van der Waals surface area contributed by atoms with Crippen LogP contribution in [0.1, 0.15) is 11.5 Å². The van der Waals surface area contributed by atoms with Crippen LogP contribution in [0.15, 0.2) is 69.5 Å². The summed E-state index contributed by atoms with van der Waals surface area (Å²) in [5.74, 6) is 0.00482. The largest absolute Gasteiger partial charge is 0.337 e. The molecule has 9 heteroatoms. The Bertz CT molecular complexity index is 1130. The van der Waals surface area contributed by atoms with E-state index in [1.165, 1.54) is 5.01 Å². The Morgan fingerprint density at radius 3 is 2.55 bits per heavy atom. The van der Waals surface area contributed by atoms with Gasteiger partial charge >= 0.3 is 0 Å².